The number of rotatable bonds is 7. The van der Waals surface area contributed by atoms with E-state index in [2.05, 4.69) is 15.3 Å². The zero-order valence-electron chi connectivity index (χ0n) is 16.8. The predicted molar refractivity (Wildman–Crippen MR) is 116 cm³/mol. The molecule has 0 bridgehead atoms. The molecular formula is C21H24ClN3O4S. The van der Waals surface area contributed by atoms with Gasteiger partial charge in [0.15, 0.2) is 9.84 Å². The maximum absolute atomic E-state index is 12.8. The quantitative estimate of drug-likeness (QED) is 0.678. The number of benzene rings is 1. The SMILES string of the molecule is CC(C=CS(C)(=O)=O)NC(=O)c1cnc(C2CCCC2)nc1Oc1ccc(Cl)cc1. The van der Waals surface area contributed by atoms with Crippen LogP contribution in [-0.4, -0.2) is 36.6 Å². The van der Waals surface area contributed by atoms with Gasteiger partial charge in [-0.1, -0.05) is 30.5 Å². The second kappa shape index (κ2) is 9.57. The topological polar surface area (TPSA) is 98.2 Å². The zero-order chi connectivity index (χ0) is 21.7. The van der Waals surface area contributed by atoms with E-state index in [4.69, 9.17) is 16.3 Å². The molecule has 1 fully saturated rings. The van der Waals surface area contributed by atoms with E-state index in [9.17, 15) is 13.2 Å². The van der Waals surface area contributed by atoms with Crippen LogP contribution in [0.5, 0.6) is 11.6 Å². The Morgan fingerprint density at radius 2 is 1.93 bits per heavy atom. The third kappa shape index (κ3) is 6.27. The Kier molecular flexibility index (Phi) is 7.10. The van der Waals surface area contributed by atoms with Gasteiger partial charge in [0.25, 0.3) is 5.91 Å². The number of nitrogens with one attached hydrogen (secondary N) is 1. The van der Waals surface area contributed by atoms with E-state index >= 15 is 0 Å². The van der Waals surface area contributed by atoms with E-state index in [1.807, 2.05) is 0 Å². The molecule has 9 heteroatoms. The van der Waals surface area contributed by atoms with Crippen molar-refractivity contribution in [1.29, 1.82) is 0 Å². The third-order valence-corrected chi connectivity index (χ3v) is 5.64. The Morgan fingerprint density at radius 1 is 1.27 bits per heavy atom. The first kappa shape index (κ1) is 22.2. The Balaban J connectivity index is 1.86. The number of sulfone groups is 1. The van der Waals surface area contributed by atoms with Crippen LogP contribution >= 0.6 is 11.6 Å². The Bertz CT molecular complexity index is 1030. The molecule has 0 radical (unpaired) electrons. The van der Waals surface area contributed by atoms with Crippen LogP contribution in [-0.2, 0) is 9.84 Å². The van der Waals surface area contributed by atoms with Crippen LogP contribution in [0.3, 0.4) is 0 Å². The van der Waals surface area contributed by atoms with Gasteiger partial charge in [0.05, 0.1) is 0 Å². The molecule has 160 valence electrons. The van der Waals surface area contributed by atoms with Crippen molar-refractivity contribution in [1.82, 2.24) is 15.3 Å². The number of aromatic nitrogens is 2. The van der Waals surface area contributed by atoms with E-state index in [0.717, 1.165) is 37.3 Å². The normalized spacial score (nSPS) is 16.0. The lowest BCUT2D eigenvalue weighted by Crippen LogP contribution is -2.31. The highest BCUT2D eigenvalue weighted by Gasteiger charge is 2.24. The first-order valence-corrected chi connectivity index (χ1v) is 12.0. The highest BCUT2D eigenvalue weighted by molar-refractivity contribution is 7.93. The number of carbonyl (C=O) groups is 1. The van der Waals surface area contributed by atoms with Gasteiger partial charge in [0.2, 0.25) is 5.88 Å². The number of ether oxygens (including phenoxy) is 1. The number of hydrogen-bond acceptors (Lipinski definition) is 6. The minimum atomic E-state index is -3.28. The van der Waals surface area contributed by atoms with E-state index in [1.165, 1.54) is 12.3 Å². The standard InChI is InChI=1S/C21H24ClN3O4S/c1-14(11-12-30(2,27)28)24-20(26)18-13-23-19(15-5-3-4-6-15)25-21(18)29-17-9-7-16(22)8-10-17/h7-15H,3-6H2,1-2H3,(H,24,26). The first-order valence-electron chi connectivity index (χ1n) is 9.71. The van der Waals surface area contributed by atoms with Gasteiger partial charge >= 0.3 is 0 Å². The molecule has 1 saturated carbocycles. The fourth-order valence-electron chi connectivity index (χ4n) is 3.20. The summed E-state index contributed by atoms with van der Waals surface area (Å²) in [5.74, 6) is 1.12. The van der Waals surface area contributed by atoms with Crippen molar-refractivity contribution in [2.24, 2.45) is 0 Å². The summed E-state index contributed by atoms with van der Waals surface area (Å²) in [4.78, 5) is 21.8. The largest absolute Gasteiger partial charge is 0.438 e. The summed E-state index contributed by atoms with van der Waals surface area (Å²) in [7, 11) is -3.28. The molecule has 0 saturated heterocycles. The van der Waals surface area contributed by atoms with E-state index in [-0.39, 0.29) is 17.4 Å². The van der Waals surface area contributed by atoms with Crippen LogP contribution in [0.2, 0.25) is 5.02 Å². The molecule has 1 aromatic carbocycles. The minimum Gasteiger partial charge on any atom is -0.438 e. The summed E-state index contributed by atoms with van der Waals surface area (Å²) in [6, 6.07) is 6.25. The summed E-state index contributed by atoms with van der Waals surface area (Å²) < 4.78 is 28.5. The molecule has 1 unspecified atom stereocenters. The second-order valence-corrected chi connectivity index (χ2v) is 9.77. The molecule has 1 amide bonds. The molecule has 3 rings (SSSR count). The van der Waals surface area contributed by atoms with Crippen molar-refractivity contribution in [2.45, 2.75) is 44.6 Å². The van der Waals surface area contributed by atoms with Gasteiger partial charge in [-0.3, -0.25) is 4.79 Å². The molecule has 1 heterocycles. The molecule has 1 aromatic heterocycles. The lowest BCUT2D eigenvalue weighted by Gasteiger charge is -2.15. The average molecular weight is 450 g/mol. The molecule has 1 aliphatic rings. The van der Waals surface area contributed by atoms with Gasteiger partial charge in [-0.15, -0.1) is 0 Å². The molecule has 1 N–H and O–H groups in total. The maximum Gasteiger partial charge on any atom is 0.258 e. The lowest BCUT2D eigenvalue weighted by molar-refractivity contribution is 0.0943. The molecule has 0 aliphatic heterocycles. The fourth-order valence-corrected chi connectivity index (χ4v) is 3.85. The van der Waals surface area contributed by atoms with Crippen molar-refractivity contribution >= 4 is 27.3 Å². The van der Waals surface area contributed by atoms with Gasteiger partial charge in [-0.25, -0.2) is 13.4 Å². The first-order chi connectivity index (χ1) is 14.2. The van der Waals surface area contributed by atoms with Crippen LogP contribution in [0, 0.1) is 0 Å². The molecule has 1 aliphatic carbocycles. The molecule has 30 heavy (non-hydrogen) atoms. The van der Waals surface area contributed by atoms with Crippen LogP contribution in [0.1, 0.15) is 54.7 Å². The number of halogens is 1. The molecule has 2 aromatic rings. The molecule has 0 spiro atoms. The smallest absolute Gasteiger partial charge is 0.258 e. The summed E-state index contributed by atoms with van der Waals surface area (Å²) in [6.45, 7) is 1.67. The van der Waals surface area contributed by atoms with Crippen molar-refractivity contribution in [3.05, 3.63) is 58.4 Å². The highest BCUT2D eigenvalue weighted by atomic mass is 35.5. The number of nitrogens with zero attached hydrogens (tertiary/aromatic N) is 2. The molecule has 1 atom stereocenters. The van der Waals surface area contributed by atoms with Gasteiger partial charge in [-0.2, -0.15) is 4.98 Å². The van der Waals surface area contributed by atoms with Gasteiger partial charge in [-0.05, 0) is 44.0 Å². The molecule has 7 nitrogen and oxygen atoms in total. The summed E-state index contributed by atoms with van der Waals surface area (Å²) in [5, 5.41) is 4.35. The van der Waals surface area contributed by atoms with Crippen LogP contribution in [0.15, 0.2) is 41.9 Å². The van der Waals surface area contributed by atoms with Crippen molar-refractivity contribution in [2.75, 3.05) is 6.26 Å². The maximum atomic E-state index is 12.8. The van der Waals surface area contributed by atoms with Gasteiger partial charge < -0.3 is 10.1 Å². The Morgan fingerprint density at radius 3 is 2.57 bits per heavy atom. The highest BCUT2D eigenvalue weighted by Crippen LogP contribution is 2.34. The zero-order valence-corrected chi connectivity index (χ0v) is 18.4. The number of hydrogen-bond donors (Lipinski definition) is 1. The van der Waals surface area contributed by atoms with Crippen molar-refractivity contribution < 1.29 is 17.9 Å². The van der Waals surface area contributed by atoms with Gasteiger partial charge in [0.1, 0.15) is 17.1 Å². The monoisotopic (exact) mass is 449 g/mol. The minimum absolute atomic E-state index is 0.158. The second-order valence-electron chi connectivity index (χ2n) is 7.40. The van der Waals surface area contributed by atoms with Crippen LogP contribution in [0.25, 0.3) is 0 Å². The Labute approximate surface area is 181 Å². The molecular weight excluding hydrogens is 426 g/mol. The summed E-state index contributed by atoms with van der Waals surface area (Å²) in [5.41, 5.74) is 0.173. The number of amides is 1. The van der Waals surface area contributed by atoms with Crippen molar-refractivity contribution in [3.63, 3.8) is 0 Å². The predicted octanol–water partition coefficient (Wildman–Crippen LogP) is 4.26. The van der Waals surface area contributed by atoms with E-state index in [0.29, 0.717) is 16.6 Å². The summed E-state index contributed by atoms with van der Waals surface area (Å²) in [6.07, 6.45) is 8.25. The van der Waals surface area contributed by atoms with Crippen LogP contribution in [0.4, 0.5) is 0 Å². The van der Waals surface area contributed by atoms with E-state index < -0.39 is 21.8 Å². The van der Waals surface area contributed by atoms with Crippen LogP contribution < -0.4 is 10.1 Å². The third-order valence-electron chi connectivity index (χ3n) is 4.74. The Hall–Kier alpha value is -2.45. The fraction of sp³-hybridized carbons (Fsp3) is 0.381. The number of carbonyl (C=O) groups excluding carboxylic acids is 1. The lowest BCUT2D eigenvalue weighted by atomic mass is 10.1. The average Bonchev–Trinajstić information content (AvgIpc) is 3.22. The summed E-state index contributed by atoms with van der Waals surface area (Å²) >= 11 is 5.93. The van der Waals surface area contributed by atoms with E-state index in [1.54, 1.807) is 31.2 Å². The van der Waals surface area contributed by atoms with Gasteiger partial charge in [0, 0.05) is 34.8 Å². The van der Waals surface area contributed by atoms with Crippen molar-refractivity contribution in [3.8, 4) is 11.6 Å².